The number of aliphatic hydroxyl groups excluding tert-OH is 1. The van der Waals surface area contributed by atoms with E-state index in [4.69, 9.17) is 21.1 Å². The fourth-order valence-corrected chi connectivity index (χ4v) is 7.17. The van der Waals surface area contributed by atoms with Crippen molar-refractivity contribution in [2.24, 2.45) is 5.92 Å². The lowest BCUT2D eigenvalue weighted by atomic mass is 9.84. The first kappa shape index (κ1) is 35.0. The van der Waals surface area contributed by atoms with Gasteiger partial charge in [-0.3, -0.25) is 4.79 Å². The van der Waals surface area contributed by atoms with E-state index in [2.05, 4.69) is 21.9 Å². The first-order valence-electron chi connectivity index (χ1n) is 17.1. The quantitative estimate of drug-likeness (QED) is 0.145. The van der Waals surface area contributed by atoms with Gasteiger partial charge in [0, 0.05) is 48.2 Å². The second-order valence-corrected chi connectivity index (χ2v) is 14.0. The van der Waals surface area contributed by atoms with Crippen LogP contribution in [-0.4, -0.2) is 58.7 Å². The van der Waals surface area contributed by atoms with Gasteiger partial charge >= 0.3 is 11.9 Å². The Morgan fingerprint density at radius 1 is 0.863 bits per heavy atom. The van der Waals surface area contributed by atoms with E-state index < -0.39 is 23.8 Å². The van der Waals surface area contributed by atoms with Gasteiger partial charge in [0.2, 0.25) is 0 Å². The third kappa shape index (κ3) is 7.48. The van der Waals surface area contributed by atoms with Gasteiger partial charge in [-0.05, 0) is 65.4 Å². The summed E-state index contributed by atoms with van der Waals surface area (Å²) in [6, 6.07) is 27.2. The van der Waals surface area contributed by atoms with Crippen molar-refractivity contribution in [1.82, 2.24) is 10.2 Å². The molecule has 3 aliphatic rings. The lowest BCUT2D eigenvalue weighted by molar-refractivity contribution is -0.277. The summed E-state index contributed by atoms with van der Waals surface area (Å²) >= 11 is 6.08. The molecule has 2 fully saturated rings. The zero-order valence-corrected chi connectivity index (χ0v) is 28.8. The van der Waals surface area contributed by atoms with Gasteiger partial charge in [0.25, 0.3) is 5.91 Å². The molecule has 3 aliphatic heterocycles. The maximum Gasteiger partial charge on any atom is 0.346 e. The third-order valence-electron chi connectivity index (χ3n) is 10.2. The summed E-state index contributed by atoms with van der Waals surface area (Å²) in [5, 5.41) is 24.5. The smallest absolute Gasteiger partial charge is 0.346 e. The number of rotatable bonds is 9. The monoisotopic (exact) mass is 710 g/mol. The van der Waals surface area contributed by atoms with E-state index >= 15 is 0 Å². The van der Waals surface area contributed by atoms with Crippen LogP contribution in [0.25, 0.3) is 0 Å². The normalized spacial score (nSPS) is 23.1. The van der Waals surface area contributed by atoms with Gasteiger partial charge in [0.1, 0.15) is 0 Å². The van der Waals surface area contributed by atoms with E-state index in [1.54, 1.807) is 0 Å². The Bertz CT molecular complexity index is 1910. The van der Waals surface area contributed by atoms with Crippen LogP contribution in [0.4, 0.5) is 0 Å². The SMILES string of the molecule is CC1C(CN2CCC(O)(c3ccc(Cl)cc3)CC2)OC(c2ccc(CNC(=O)c3ccc4c(c3)C(=O)OC4=O)cc2)OC1c1ccc(CO)cc1. The highest BCUT2D eigenvalue weighted by Gasteiger charge is 2.41. The standard InChI is InChI=1S/C40H39ClN2O8/c1-24-34(22-43-18-16-40(48,17-19-43)30-11-13-31(41)14-12-30)49-39(50-35(24)27-6-4-26(23-44)5-7-27)28-8-2-25(3-9-28)21-42-36(45)29-10-15-32-33(20-29)38(47)51-37(32)46/h2-15,20,24,34-35,39,44,48H,16-19,21-23H2,1H3,(H,42,45). The first-order chi connectivity index (χ1) is 24.6. The molecule has 0 saturated carbocycles. The fourth-order valence-electron chi connectivity index (χ4n) is 7.04. The Hall–Kier alpha value is -4.42. The van der Waals surface area contributed by atoms with E-state index in [-0.39, 0.29) is 53.9 Å². The maximum absolute atomic E-state index is 12.9. The summed E-state index contributed by atoms with van der Waals surface area (Å²) in [6.07, 6.45) is 0.0987. The maximum atomic E-state index is 12.9. The van der Waals surface area contributed by atoms with Crippen LogP contribution < -0.4 is 5.32 Å². The number of aliphatic hydroxyl groups is 2. The van der Waals surface area contributed by atoms with Crippen molar-refractivity contribution in [1.29, 1.82) is 0 Å². The number of benzene rings is 4. The molecule has 7 rings (SSSR count). The number of carbonyl (C=O) groups is 3. The Balaban J connectivity index is 1.03. The summed E-state index contributed by atoms with van der Waals surface area (Å²) in [6.45, 7) is 4.42. The van der Waals surface area contributed by atoms with Gasteiger partial charge in [0.05, 0.1) is 35.5 Å². The van der Waals surface area contributed by atoms with Crippen LogP contribution in [0.15, 0.2) is 91.0 Å². The highest BCUT2D eigenvalue weighted by Crippen LogP contribution is 2.42. The van der Waals surface area contributed by atoms with Crippen LogP contribution in [-0.2, 0) is 33.0 Å². The van der Waals surface area contributed by atoms with Crippen LogP contribution in [0.3, 0.4) is 0 Å². The number of piperidine rings is 1. The zero-order valence-electron chi connectivity index (χ0n) is 28.1. The highest BCUT2D eigenvalue weighted by atomic mass is 35.5. The number of hydrogen-bond acceptors (Lipinski definition) is 9. The van der Waals surface area contributed by atoms with E-state index in [1.165, 1.54) is 18.2 Å². The van der Waals surface area contributed by atoms with Gasteiger partial charge in [-0.25, -0.2) is 9.59 Å². The van der Waals surface area contributed by atoms with Crippen LogP contribution in [0.2, 0.25) is 5.02 Å². The number of amides is 1. The average molecular weight is 711 g/mol. The molecule has 2 saturated heterocycles. The van der Waals surface area contributed by atoms with Gasteiger partial charge in [-0.1, -0.05) is 79.2 Å². The number of hydrogen-bond donors (Lipinski definition) is 3. The summed E-state index contributed by atoms with van der Waals surface area (Å²) < 4.78 is 17.9. The molecule has 1 amide bonds. The van der Waals surface area contributed by atoms with Crippen molar-refractivity contribution in [3.05, 3.63) is 141 Å². The van der Waals surface area contributed by atoms with Crippen LogP contribution >= 0.6 is 11.6 Å². The van der Waals surface area contributed by atoms with Crippen molar-refractivity contribution in [2.75, 3.05) is 19.6 Å². The van der Waals surface area contributed by atoms with E-state index in [1.807, 2.05) is 72.8 Å². The predicted octanol–water partition coefficient (Wildman–Crippen LogP) is 5.85. The molecular weight excluding hydrogens is 672 g/mol. The Morgan fingerprint density at radius 3 is 2.20 bits per heavy atom. The fraction of sp³-hybridized carbons (Fsp3) is 0.325. The van der Waals surface area contributed by atoms with Gasteiger partial charge < -0.3 is 34.6 Å². The topological polar surface area (TPSA) is 135 Å². The summed E-state index contributed by atoms with van der Waals surface area (Å²) in [4.78, 5) is 38.9. The lowest BCUT2D eigenvalue weighted by Crippen LogP contribution is -2.49. The molecule has 4 unspecified atom stereocenters. The number of likely N-dealkylation sites (tertiary alicyclic amines) is 1. The number of fused-ring (bicyclic) bond motifs is 1. The lowest BCUT2D eigenvalue weighted by Gasteiger charge is -2.45. The molecule has 4 atom stereocenters. The van der Waals surface area contributed by atoms with Crippen LogP contribution in [0.5, 0.6) is 0 Å². The number of ether oxygens (including phenoxy) is 3. The number of nitrogens with zero attached hydrogens (tertiary/aromatic N) is 1. The van der Waals surface area contributed by atoms with E-state index in [0.717, 1.165) is 27.8 Å². The summed E-state index contributed by atoms with van der Waals surface area (Å²) in [5.74, 6) is -1.85. The number of halogens is 1. The van der Waals surface area contributed by atoms with Gasteiger partial charge in [-0.2, -0.15) is 0 Å². The third-order valence-corrected chi connectivity index (χ3v) is 10.5. The number of nitrogens with one attached hydrogen (secondary N) is 1. The molecule has 11 heteroatoms. The van der Waals surface area contributed by atoms with Crippen molar-refractivity contribution in [3.63, 3.8) is 0 Å². The Kier molecular flexibility index (Phi) is 10.1. The number of carbonyl (C=O) groups excluding carboxylic acids is 3. The molecule has 3 heterocycles. The zero-order chi connectivity index (χ0) is 35.7. The van der Waals surface area contributed by atoms with E-state index in [9.17, 15) is 24.6 Å². The number of esters is 2. The van der Waals surface area contributed by atoms with Crippen molar-refractivity contribution < 1.29 is 38.8 Å². The van der Waals surface area contributed by atoms with Crippen molar-refractivity contribution in [2.45, 2.75) is 57.0 Å². The minimum absolute atomic E-state index is 0.00646. The summed E-state index contributed by atoms with van der Waals surface area (Å²) in [5.41, 5.74) is 3.96. The second-order valence-electron chi connectivity index (χ2n) is 13.5. The van der Waals surface area contributed by atoms with Crippen LogP contribution in [0.1, 0.15) is 91.1 Å². The molecule has 51 heavy (non-hydrogen) atoms. The minimum Gasteiger partial charge on any atom is -0.392 e. The highest BCUT2D eigenvalue weighted by molar-refractivity contribution is 6.30. The van der Waals surface area contributed by atoms with Gasteiger partial charge in [-0.15, -0.1) is 0 Å². The minimum atomic E-state index is -0.903. The second kappa shape index (κ2) is 14.7. The van der Waals surface area contributed by atoms with Crippen molar-refractivity contribution in [3.8, 4) is 0 Å². The predicted molar refractivity (Wildman–Crippen MR) is 188 cm³/mol. The first-order valence-corrected chi connectivity index (χ1v) is 17.5. The number of cyclic esters (lactones) is 2. The molecule has 264 valence electrons. The van der Waals surface area contributed by atoms with E-state index in [0.29, 0.717) is 37.5 Å². The average Bonchev–Trinajstić information content (AvgIpc) is 3.44. The van der Waals surface area contributed by atoms with Gasteiger partial charge in [0.15, 0.2) is 6.29 Å². The molecule has 0 radical (unpaired) electrons. The molecule has 3 N–H and O–H groups in total. The molecule has 0 aliphatic carbocycles. The molecule has 4 aromatic rings. The largest absolute Gasteiger partial charge is 0.392 e. The molecule has 0 bridgehead atoms. The summed E-state index contributed by atoms with van der Waals surface area (Å²) in [7, 11) is 0. The molecule has 4 aromatic carbocycles. The Morgan fingerprint density at radius 2 is 1.51 bits per heavy atom. The molecular formula is C40H39ClN2O8. The molecule has 10 nitrogen and oxygen atoms in total. The van der Waals surface area contributed by atoms with Crippen molar-refractivity contribution >= 4 is 29.4 Å². The Labute approximate surface area is 300 Å². The van der Waals surface area contributed by atoms with Crippen LogP contribution in [0, 0.1) is 5.92 Å². The molecule has 0 aromatic heterocycles. The molecule has 0 spiro atoms.